The van der Waals surface area contributed by atoms with Crippen molar-refractivity contribution in [2.75, 3.05) is 10.5 Å². The molecule has 0 saturated heterocycles. The summed E-state index contributed by atoms with van der Waals surface area (Å²) < 4.78 is 27.3. The highest BCUT2D eigenvalue weighted by Gasteiger charge is 2.16. The van der Waals surface area contributed by atoms with Crippen LogP contribution in [0.3, 0.4) is 0 Å². The highest BCUT2D eigenvalue weighted by Crippen LogP contribution is 2.27. The van der Waals surface area contributed by atoms with Gasteiger partial charge in [0.25, 0.3) is 10.0 Å². The maximum atomic E-state index is 11.9. The molecule has 0 bridgehead atoms. The Bertz CT molecular complexity index is 622. The van der Waals surface area contributed by atoms with Crippen molar-refractivity contribution in [2.24, 2.45) is 0 Å². The number of nitrogens with zero attached hydrogens (tertiary/aromatic N) is 1. The lowest BCUT2D eigenvalue weighted by molar-refractivity contribution is 0.603. The number of nitrogens with two attached hydrogens (primary N) is 1. The van der Waals surface area contributed by atoms with Crippen LogP contribution in [0.2, 0.25) is 0 Å². The fourth-order valence-corrected chi connectivity index (χ4v) is 4.17. The molecule has 90 valence electrons. The molecule has 0 aliphatic heterocycles. The summed E-state index contributed by atoms with van der Waals surface area (Å²) in [5, 5.41) is 0. The zero-order chi connectivity index (χ0) is 12.5. The Morgan fingerprint density at radius 2 is 2.06 bits per heavy atom. The Kier molecular flexibility index (Phi) is 3.36. The zero-order valence-corrected chi connectivity index (χ0v) is 11.6. The number of hydrogen-bond donors (Lipinski definition) is 2. The van der Waals surface area contributed by atoms with Gasteiger partial charge in [0.15, 0.2) is 0 Å². The number of nitrogen functional groups attached to an aromatic ring is 1. The second-order valence-electron chi connectivity index (χ2n) is 3.14. The molecule has 0 fully saturated rings. The predicted octanol–water partition coefficient (Wildman–Crippen LogP) is 2.29. The smallest absolute Gasteiger partial charge is 0.271 e. The quantitative estimate of drug-likeness (QED) is 0.902. The van der Waals surface area contributed by atoms with E-state index in [0.717, 1.165) is 15.1 Å². The second-order valence-corrected chi connectivity index (χ2v) is 7.51. The van der Waals surface area contributed by atoms with Gasteiger partial charge < -0.3 is 5.73 Å². The van der Waals surface area contributed by atoms with Crippen LogP contribution in [0.1, 0.15) is 0 Å². The van der Waals surface area contributed by atoms with E-state index in [-0.39, 0.29) is 4.21 Å². The third kappa shape index (κ3) is 2.96. The van der Waals surface area contributed by atoms with Crippen molar-refractivity contribution in [3.8, 4) is 0 Å². The topological polar surface area (TPSA) is 85.1 Å². The van der Waals surface area contributed by atoms with Gasteiger partial charge in [-0.25, -0.2) is 13.4 Å². The third-order valence-electron chi connectivity index (χ3n) is 1.85. The minimum atomic E-state index is -3.55. The minimum absolute atomic E-state index is 0.237. The van der Waals surface area contributed by atoms with Crippen molar-refractivity contribution in [3.05, 3.63) is 34.2 Å². The molecule has 0 saturated carbocycles. The van der Waals surface area contributed by atoms with Gasteiger partial charge in [-0.3, -0.25) is 4.72 Å². The molecule has 0 atom stereocenters. The summed E-state index contributed by atoms with van der Waals surface area (Å²) in [6.45, 7) is 0. The van der Waals surface area contributed by atoms with Crippen LogP contribution in [0.25, 0.3) is 0 Å². The van der Waals surface area contributed by atoms with Gasteiger partial charge in [-0.2, -0.15) is 0 Å². The van der Waals surface area contributed by atoms with Crippen molar-refractivity contribution in [1.29, 1.82) is 0 Å². The van der Waals surface area contributed by atoms with Crippen LogP contribution in [0, 0.1) is 0 Å². The van der Waals surface area contributed by atoms with Crippen molar-refractivity contribution in [3.63, 3.8) is 0 Å². The summed E-state index contributed by atoms with van der Waals surface area (Å²) in [6.07, 6.45) is 1.37. The van der Waals surface area contributed by atoms with E-state index in [2.05, 4.69) is 25.6 Å². The molecule has 2 aromatic heterocycles. The van der Waals surface area contributed by atoms with Gasteiger partial charge in [0.1, 0.15) is 10.0 Å². The normalized spacial score (nSPS) is 11.4. The molecule has 0 aliphatic carbocycles. The lowest BCUT2D eigenvalue weighted by Gasteiger charge is -2.05. The molecule has 0 unspecified atom stereocenters. The molecule has 0 aliphatic rings. The standard InChI is InChI=1S/C9H8BrN3O2S2/c10-7-2-4-9(16-7)17(14,15)13-6-1-3-8(11)12-5-6/h1-5,13H,(H2,11,12). The Labute approximate surface area is 111 Å². The molecule has 0 aromatic carbocycles. The fourth-order valence-electron chi connectivity index (χ4n) is 1.11. The van der Waals surface area contributed by atoms with E-state index < -0.39 is 10.0 Å². The monoisotopic (exact) mass is 333 g/mol. The summed E-state index contributed by atoms with van der Waals surface area (Å²) >= 11 is 4.36. The molecule has 5 nitrogen and oxygen atoms in total. The number of pyridine rings is 1. The molecule has 2 rings (SSSR count). The van der Waals surface area contributed by atoms with E-state index in [1.54, 1.807) is 12.1 Å². The van der Waals surface area contributed by atoms with E-state index in [0.29, 0.717) is 11.5 Å². The summed E-state index contributed by atoms with van der Waals surface area (Å²) in [4.78, 5) is 3.81. The van der Waals surface area contributed by atoms with Crippen LogP contribution in [0.5, 0.6) is 0 Å². The number of anilines is 2. The Balaban J connectivity index is 2.26. The van der Waals surface area contributed by atoms with Crippen molar-refractivity contribution >= 4 is 48.8 Å². The maximum Gasteiger partial charge on any atom is 0.271 e. The second kappa shape index (κ2) is 4.63. The van der Waals surface area contributed by atoms with Gasteiger partial charge in [-0.05, 0) is 40.2 Å². The molecule has 0 spiro atoms. The molecule has 3 N–H and O–H groups in total. The van der Waals surface area contributed by atoms with Crippen LogP contribution in [-0.4, -0.2) is 13.4 Å². The Hall–Kier alpha value is -1.12. The molecule has 17 heavy (non-hydrogen) atoms. The number of hydrogen-bond acceptors (Lipinski definition) is 5. The average molecular weight is 334 g/mol. The lowest BCUT2D eigenvalue weighted by Crippen LogP contribution is -2.11. The van der Waals surface area contributed by atoms with E-state index in [1.807, 2.05) is 0 Å². The molecule has 8 heteroatoms. The number of nitrogens with one attached hydrogen (secondary N) is 1. The van der Waals surface area contributed by atoms with E-state index in [4.69, 9.17) is 5.73 Å². The largest absolute Gasteiger partial charge is 0.384 e. The van der Waals surface area contributed by atoms with Crippen LogP contribution in [0.4, 0.5) is 11.5 Å². The van der Waals surface area contributed by atoms with Crippen molar-refractivity contribution in [2.45, 2.75) is 4.21 Å². The van der Waals surface area contributed by atoms with Gasteiger partial charge in [0.05, 0.1) is 15.7 Å². The Morgan fingerprint density at radius 1 is 1.29 bits per heavy atom. The lowest BCUT2D eigenvalue weighted by atomic mass is 10.4. The number of sulfonamides is 1. The third-order valence-corrected chi connectivity index (χ3v) is 5.35. The first-order chi connectivity index (χ1) is 7.97. The highest BCUT2D eigenvalue weighted by atomic mass is 79.9. The maximum absolute atomic E-state index is 11.9. The van der Waals surface area contributed by atoms with Crippen molar-refractivity contribution in [1.82, 2.24) is 4.98 Å². The first-order valence-electron chi connectivity index (χ1n) is 4.47. The van der Waals surface area contributed by atoms with E-state index in [9.17, 15) is 8.42 Å². The number of rotatable bonds is 3. The number of thiophene rings is 1. The summed E-state index contributed by atoms with van der Waals surface area (Å²) in [5.74, 6) is 0.340. The van der Waals surface area contributed by atoms with Gasteiger partial charge in [0.2, 0.25) is 0 Å². The Morgan fingerprint density at radius 3 is 2.59 bits per heavy atom. The molecule has 2 heterocycles. The molecule has 0 radical (unpaired) electrons. The average Bonchev–Trinajstić information content (AvgIpc) is 2.69. The highest BCUT2D eigenvalue weighted by molar-refractivity contribution is 9.11. The number of aromatic nitrogens is 1. The fraction of sp³-hybridized carbons (Fsp3) is 0. The SMILES string of the molecule is Nc1ccc(NS(=O)(=O)c2ccc(Br)s2)cn1. The van der Waals surface area contributed by atoms with Gasteiger partial charge >= 0.3 is 0 Å². The summed E-state index contributed by atoms with van der Waals surface area (Å²) in [5.41, 5.74) is 5.79. The van der Waals surface area contributed by atoms with E-state index >= 15 is 0 Å². The predicted molar refractivity (Wildman–Crippen MR) is 71.5 cm³/mol. The van der Waals surface area contributed by atoms with Crippen LogP contribution >= 0.6 is 27.3 Å². The molecule has 2 aromatic rings. The number of halogens is 1. The molecule has 0 amide bonds. The summed E-state index contributed by atoms with van der Waals surface area (Å²) in [6, 6.07) is 6.30. The van der Waals surface area contributed by atoms with Gasteiger partial charge in [0, 0.05) is 0 Å². The van der Waals surface area contributed by atoms with E-state index in [1.165, 1.54) is 18.3 Å². The first kappa shape index (κ1) is 12.3. The van der Waals surface area contributed by atoms with Crippen LogP contribution in [0.15, 0.2) is 38.5 Å². The van der Waals surface area contributed by atoms with Crippen LogP contribution in [-0.2, 0) is 10.0 Å². The zero-order valence-electron chi connectivity index (χ0n) is 8.42. The molecular weight excluding hydrogens is 326 g/mol. The minimum Gasteiger partial charge on any atom is -0.384 e. The van der Waals surface area contributed by atoms with Gasteiger partial charge in [-0.15, -0.1) is 11.3 Å². The van der Waals surface area contributed by atoms with Crippen LogP contribution < -0.4 is 10.5 Å². The molecular formula is C9H8BrN3O2S2. The van der Waals surface area contributed by atoms with Crippen molar-refractivity contribution < 1.29 is 8.42 Å². The van der Waals surface area contributed by atoms with Gasteiger partial charge in [-0.1, -0.05) is 0 Å². The summed E-state index contributed by atoms with van der Waals surface area (Å²) in [7, 11) is -3.55. The first-order valence-corrected chi connectivity index (χ1v) is 7.56.